The maximum Gasteiger partial charge on any atom is 0.224 e. The number of carbonyl (C=O) groups is 1. The topological polar surface area (TPSA) is 41.1 Å². The minimum atomic E-state index is 0.176. The Morgan fingerprint density at radius 3 is 2.64 bits per heavy atom. The second-order valence-corrected chi connectivity index (χ2v) is 4.39. The van der Waals surface area contributed by atoms with Gasteiger partial charge in [-0.3, -0.25) is 4.79 Å². The van der Waals surface area contributed by atoms with E-state index in [0.29, 0.717) is 12.0 Å². The maximum atomic E-state index is 11.8. The second kappa shape index (κ2) is 4.13. The molecular formula is C11H18N2O. The maximum absolute atomic E-state index is 11.8. The van der Waals surface area contributed by atoms with Gasteiger partial charge in [-0.1, -0.05) is 19.1 Å². The third-order valence-electron chi connectivity index (χ3n) is 3.21. The van der Waals surface area contributed by atoms with Crippen LogP contribution in [0.5, 0.6) is 0 Å². The monoisotopic (exact) mass is 194 g/mol. The van der Waals surface area contributed by atoms with Crippen LogP contribution in [0.2, 0.25) is 0 Å². The zero-order valence-corrected chi connectivity index (χ0v) is 8.62. The number of carbonyl (C=O) groups excluding carboxylic acids is 1. The fraction of sp³-hybridized carbons (Fsp3) is 0.727. The van der Waals surface area contributed by atoms with Crippen molar-refractivity contribution in [2.75, 3.05) is 13.1 Å². The molecule has 0 saturated carbocycles. The third kappa shape index (κ3) is 1.98. The van der Waals surface area contributed by atoms with Crippen LogP contribution >= 0.6 is 0 Å². The van der Waals surface area contributed by atoms with Crippen LogP contribution < -0.4 is 10.6 Å². The van der Waals surface area contributed by atoms with Crippen LogP contribution in [0.4, 0.5) is 0 Å². The average molecular weight is 194 g/mol. The summed E-state index contributed by atoms with van der Waals surface area (Å²) >= 11 is 0. The fourth-order valence-electron chi connectivity index (χ4n) is 2.20. The number of hydrogen-bond acceptors (Lipinski definition) is 2. The molecule has 78 valence electrons. The van der Waals surface area contributed by atoms with Gasteiger partial charge in [0.25, 0.3) is 0 Å². The van der Waals surface area contributed by atoms with Gasteiger partial charge in [0.05, 0.1) is 5.92 Å². The minimum absolute atomic E-state index is 0.176. The van der Waals surface area contributed by atoms with Gasteiger partial charge in [-0.15, -0.1) is 0 Å². The Labute approximate surface area is 84.9 Å². The van der Waals surface area contributed by atoms with Gasteiger partial charge in [0, 0.05) is 12.6 Å². The predicted molar refractivity (Wildman–Crippen MR) is 55.8 cm³/mol. The van der Waals surface area contributed by atoms with Crippen LogP contribution in [0.15, 0.2) is 12.2 Å². The highest BCUT2D eigenvalue weighted by molar-refractivity contribution is 5.80. The van der Waals surface area contributed by atoms with Gasteiger partial charge in [-0.2, -0.15) is 0 Å². The summed E-state index contributed by atoms with van der Waals surface area (Å²) in [5, 5.41) is 6.36. The molecule has 0 radical (unpaired) electrons. The van der Waals surface area contributed by atoms with Crippen LogP contribution in [0.25, 0.3) is 0 Å². The summed E-state index contributed by atoms with van der Waals surface area (Å²) in [4.78, 5) is 11.8. The van der Waals surface area contributed by atoms with Crippen molar-refractivity contribution in [2.45, 2.75) is 25.8 Å². The zero-order chi connectivity index (χ0) is 9.97. The van der Waals surface area contributed by atoms with E-state index in [-0.39, 0.29) is 11.8 Å². The molecule has 1 aliphatic heterocycles. The zero-order valence-electron chi connectivity index (χ0n) is 8.62. The Morgan fingerprint density at radius 1 is 1.36 bits per heavy atom. The molecule has 1 fully saturated rings. The molecule has 0 spiro atoms. The lowest BCUT2D eigenvalue weighted by atomic mass is 9.97. The van der Waals surface area contributed by atoms with Crippen LogP contribution in [0.1, 0.15) is 19.8 Å². The molecule has 1 heterocycles. The Bertz CT molecular complexity index is 242. The van der Waals surface area contributed by atoms with Gasteiger partial charge in [0.2, 0.25) is 5.91 Å². The van der Waals surface area contributed by atoms with Gasteiger partial charge >= 0.3 is 0 Å². The van der Waals surface area contributed by atoms with E-state index in [4.69, 9.17) is 0 Å². The van der Waals surface area contributed by atoms with Gasteiger partial charge in [-0.25, -0.2) is 0 Å². The Hall–Kier alpha value is -0.830. The third-order valence-corrected chi connectivity index (χ3v) is 3.21. The highest BCUT2D eigenvalue weighted by atomic mass is 16.2. The van der Waals surface area contributed by atoms with Crippen molar-refractivity contribution in [3.63, 3.8) is 0 Å². The molecule has 0 aromatic heterocycles. The summed E-state index contributed by atoms with van der Waals surface area (Å²) in [5.41, 5.74) is 0. The highest BCUT2D eigenvalue weighted by Gasteiger charge is 2.30. The first-order valence-electron chi connectivity index (χ1n) is 5.43. The molecule has 1 amide bonds. The molecule has 1 saturated heterocycles. The van der Waals surface area contributed by atoms with Gasteiger partial charge in [0.15, 0.2) is 0 Å². The summed E-state index contributed by atoms with van der Waals surface area (Å²) < 4.78 is 0. The van der Waals surface area contributed by atoms with Crippen LogP contribution in [-0.2, 0) is 4.79 Å². The van der Waals surface area contributed by atoms with Crippen molar-refractivity contribution < 1.29 is 4.79 Å². The molecule has 0 bridgehead atoms. The standard InChI is InChI=1S/C11H18N2O/c1-8-6-12-7-10(8)11(14)13-9-4-2-3-5-9/h2-3,8-10,12H,4-7H2,1H3,(H,13,14)/t8-,10-/m1/s1. The van der Waals surface area contributed by atoms with Gasteiger partial charge < -0.3 is 10.6 Å². The van der Waals surface area contributed by atoms with Crippen molar-refractivity contribution in [2.24, 2.45) is 11.8 Å². The normalized spacial score (nSPS) is 32.4. The van der Waals surface area contributed by atoms with E-state index in [0.717, 1.165) is 25.9 Å². The largest absolute Gasteiger partial charge is 0.352 e. The van der Waals surface area contributed by atoms with Crippen molar-refractivity contribution >= 4 is 5.91 Å². The molecule has 0 aromatic rings. The molecule has 0 unspecified atom stereocenters. The van der Waals surface area contributed by atoms with E-state index < -0.39 is 0 Å². The SMILES string of the molecule is C[C@@H]1CNC[C@H]1C(=O)NC1CC=CC1. The highest BCUT2D eigenvalue weighted by Crippen LogP contribution is 2.17. The van der Waals surface area contributed by atoms with E-state index in [1.165, 1.54) is 0 Å². The predicted octanol–water partition coefficient (Wildman–Crippen LogP) is 0.677. The van der Waals surface area contributed by atoms with Crippen molar-refractivity contribution in [1.29, 1.82) is 0 Å². The van der Waals surface area contributed by atoms with Crippen molar-refractivity contribution in [3.05, 3.63) is 12.2 Å². The fourth-order valence-corrected chi connectivity index (χ4v) is 2.20. The first-order valence-corrected chi connectivity index (χ1v) is 5.43. The molecule has 2 rings (SSSR count). The number of nitrogens with one attached hydrogen (secondary N) is 2. The second-order valence-electron chi connectivity index (χ2n) is 4.39. The molecule has 2 atom stereocenters. The molecule has 3 nitrogen and oxygen atoms in total. The summed E-state index contributed by atoms with van der Waals surface area (Å²) in [6, 6.07) is 0.357. The minimum Gasteiger partial charge on any atom is -0.352 e. The first-order chi connectivity index (χ1) is 6.77. The quantitative estimate of drug-likeness (QED) is 0.635. The van der Waals surface area contributed by atoms with Gasteiger partial charge in [-0.05, 0) is 25.3 Å². The summed E-state index contributed by atoms with van der Waals surface area (Å²) in [6.07, 6.45) is 6.28. The summed E-state index contributed by atoms with van der Waals surface area (Å²) in [6.45, 7) is 3.95. The molecule has 3 heteroatoms. The average Bonchev–Trinajstić information content (AvgIpc) is 2.75. The molecular weight excluding hydrogens is 176 g/mol. The summed E-state index contributed by atoms with van der Waals surface area (Å²) in [7, 11) is 0. The van der Waals surface area contributed by atoms with E-state index in [1.54, 1.807) is 0 Å². The van der Waals surface area contributed by atoms with E-state index in [1.807, 2.05) is 0 Å². The molecule has 0 aromatic carbocycles. The lowest BCUT2D eigenvalue weighted by Crippen LogP contribution is -2.39. The number of hydrogen-bond donors (Lipinski definition) is 2. The van der Waals surface area contributed by atoms with Crippen LogP contribution in [0, 0.1) is 11.8 Å². The number of rotatable bonds is 2. The molecule has 1 aliphatic carbocycles. The van der Waals surface area contributed by atoms with E-state index in [9.17, 15) is 4.79 Å². The Morgan fingerprint density at radius 2 is 2.07 bits per heavy atom. The Balaban J connectivity index is 1.82. The molecule has 2 aliphatic rings. The van der Waals surface area contributed by atoms with Crippen LogP contribution in [-0.4, -0.2) is 25.0 Å². The lowest BCUT2D eigenvalue weighted by molar-refractivity contribution is -0.126. The molecule has 14 heavy (non-hydrogen) atoms. The number of amides is 1. The lowest BCUT2D eigenvalue weighted by Gasteiger charge is -2.18. The Kier molecular flexibility index (Phi) is 2.87. The summed E-state index contributed by atoms with van der Waals surface area (Å²) in [5.74, 6) is 0.885. The van der Waals surface area contributed by atoms with Crippen molar-refractivity contribution in [3.8, 4) is 0 Å². The molecule has 2 N–H and O–H groups in total. The van der Waals surface area contributed by atoms with Gasteiger partial charge in [0.1, 0.15) is 0 Å². The smallest absolute Gasteiger partial charge is 0.224 e. The van der Waals surface area contributed by atoms with Crippen LogP contribution in [0.3, 0.4) is 0 Å². The van der Waals surface area contributed by atoms with E-state index in [2.05, 4.69) is 29.7 Å². The van der Waals surface area contributed by atoms with Crippen molar-refractivity contribution in [1.82, 2.24) is 10.6 Å². The first kappa shape index (κ1) is 9.71. The van der Waals surface area contributed by atoms with E-state index >= 15 is 0 Å².